The van der Waals surface area contributed by atoms with E-state index in [1.807, 2.05) is 38.9 Å². The van der Waals surface area contributed by atoms with Gasteiger partial charge in [0.05, 0.1) is 25.9 Å². The Morgan fingerprint density at radius 1 is 1.46 bits per heavy atom. The summed E-state index contributed by atoms with van der Waals surface area (Å²) in [4.78, 5) is 11.2. The first kappa shape index (κ1) is 18.4. The van der Waals surface area contributed by atoms with Gasteiger partial charge in [-0.15, -0.1) is 0 Å². The summed E-state index contributed by atoms with van der Waals surface area (Å²) in [6, 6.07) is 0. The first-order valence-electron chi connectivity index (χ1n) is 9.12. The number of guanidine groups is 1. The summed E-state index contributed by atoms with van der Waals surface area (Å²) >= 11 is 0. The Kier molecular flexibility index (Phi) is 5.92. The van der Waals surface area contributed by atoms with Gasteiger partial charge in [-0.1, -0.05) is 13.8 Å². The summed E-state index contributed by atoms with van der Waals surface area (Å²) in [5, 5.41) is 7.70. The lowest BCUT2D eigenvalue weighted by molar-refractivity contribution is -0.00806. The highest BCUT2D eigenvalue weighted by atomic mass is 16.5. The van der Waals surface area contributed by atoms with Crippen LogP contribution in [0.2, 0.25) is 0 Å². The molecule has 8 nitrogen and oxygen atoms in total. The molecule has 1 fully saturated rings. The number of hydrogen-bond donors (Lipinski definition) is 1. The van der Waals surface area contributed by atoms with Gasteiger partial charge in [-0.05, 0) is 5.92 Å². The van der Waals surface area contributed by atoms with Crippen molar-refractivity contribution in [2.45, 2.75) is 33.0 Å². The highest BCUT2D eigenvalue weighted by molar-refractivity contribution is 5.79. The van der Waals surface area contributed by atoms with E-state index in [2.05, 4.69) is 43.7 Å². The van der Waals surface area contributed by atoms with Crippen LogP contribution >= 0.6 is 0 Å². The molecule has 3 rings (SSSR count). The van der Waals surface area contributed by atoms with Crippen molar-refractivity contribution in [3.05, 3.63) is 36.2 Å². The summed E-state index contributed by atoms with van der Waals surface area (Å²) in [5.74, 6) is 2.49. The topological polar surface area (TPSA) is 72.5 Å². The monoisotopic (exact) mass is 359 g/mol. The van der Waals surface area contributed by atoms with Gasteiger partial charge in [0.2, 0.25) is 0 Å². The molecule has 1 aliphatic rings. The average Bonchev–Trinajstić information content (AvgIpc) is 3.24. The Labute approximate surface area is 154 Å². The Hall–Kier alpha value is -2.35. The van der Waals surface area contributed by atoms with E-state index in [-0.39, 0.29) is 6.10 Å². The number of morpholine rings is 1. The number of rotatable bonds is 5. The molecule has 0 radical (unpaired) electrons. The van der Waals surface area contributed by atoms with E-state index in [4.69, 9.17) is 4.74 Å². The molecular weight excluding hydrogens is 330 g/mol. The van der Waals surface area contributed by atoms with E-state index in [1.54, 1.807) is 4.68 Å². The van der Waals surface area contributed by atoms with Gasteiger partial charge in [-0.25, -0.2) is 4.98 Å². The number of aliphatic imine (C=N–C) groups is 1. The standard InChI is InChI=1S/C18H29N7O/c1-14(2)11-24-6-5-20-17(24)10-21-18(19-3)25-7-8-26-16(13-25)15-9-22-23(4)12-15/h5-6,9,12,14,16H,7-8,10-11,13H2,1-4H3,(H,19,21). The molecule has 26 heavy (non-hydrogen) atoms. The SMILES string of the molecule is CN=C(NCc1nccn1CC(C)C)N1CCOC(c2cnn(C)c2)C1. The lowest BCUT2D eigenvalue weighted by atomic mass is 10.1. The molecular formula is C18H29N7O. The van der Waals surface area contributed by atoms with Gasteiger partial charge in [0.1, 0.15) is 11.9 Å². The second kappa shape index (κ2) is 8.35. The van der Waals surface area contributed by atoms with Crippen molar-refractivity contribution >= 4 is 5.96 Å². The summed E-state index contributed by atoms with van der Waals surface area (Å²) in [5.41, 5.74) is 1.10. The van der Waals surface area contributed by atoms with Crippen LogP contribution < -0.4 is 5.32 Å². The van der Waals surface area contributed by atoms with Crippen molar-refractivity contribution in [3.8, 4) is 0 Å². The van der Waals surface area contributed by atoms with Gasteiger partial charge in [-0.2, -0.15) is 5.10 Å². The van der Waals surface area contributed by atoms with Gasteiger partial charge in [0.15, 0.2) is 5.96 Å². The second-order valence-corrected chi connectivity index (χ2v) is 7.04. The predicted molar refractivity (Wildman–Crippen MR) is 101 cm³/mol. The summed E-state index contributed by atoms with van der Waals surface area (Å²) in [6.45, 7) is 8.29. The molecule has 1 atom stereocenters. The molecule has 142 valence electrons. The van der Waals surface area contributed by atoms with E-state index < -0.39 is 0 Å². The largest absolute Gasteiger partial charge is 0.370 e. The molecule has 1 aliphatic heterocycles. The van der Waals surface area contributed by atoms with E-state index in [9.17, 15) is 0 Å². The smallest absolute Gasteiger partial charge is 0.194 e. The lowest BCUT2D eigenvalue weighted by Gasteiger charge is -2.34. The number of nitrogens with zero attached hydrogens (tertiary/aromatic N) is 6. The van der Waals surface area contributed by atoms with Gasteiger partial charge >= 0.3 is 0 Å². The molecule has 1 saturated heterocycles. The maximum atomic E-state index is 5.92. The number of hydrogen-bond acceptors (Lipinski definition) is 4. The fraction of sp³-hybridized carbons (Fsp3) is 0.611. The summed E-state index contributed by atoms with van der Waals surface area (Å²) < 4.78 is 9.92. The molecule has 0 aliphatic carbocycles. The molecule has 3 heterocycles. The Balaban J connectivity index is 1.61. The minimum absolute atomic E-state index is 0.0129. The Morgan fingerprint density at radius 2 is 2.31 bits per heavy atom. The molecule has 0 amide bonds. The third-order valence-corrected chi connectivity index (χ3v) is 4.44. The second-order valence-electron chi connectivity index (χ2n) is 7.04. The highest BCUT2D eigenvalue weighted by Gasteiger charge is 2.25. The van der Waals surface area contributed by atoms with Crippen molar-refractivity contribution in [2.24, 2.45) is 18.0 Å². The van der Waals surface area contributed by atoms with Gasteiger partial charge in [0.25, 0.3) is 0 Å². The molecule has 2 aromatic rings. The van der Waals surface area contributed by atoms with Crippen LogP contribution in [0.15, 0.2) is 29.8 Å². The molecule has 0 saturated carbocycles. The van der Waals surface area contributed by atoms with Crippen LogP contribution in [-0.4, -0.2) is 56.9 Å². The van der Waals surface area contributed by atoms with Crippen LogP contribution in [0, 0.1) is 5.92 Å². The molecule has 1 N–H and O–H groups in total. The van der Waals surface area contributed by atoms with Gasteiger partial charge in [0, 0.05) is 51.3 Å². The summed E-state index contributed by atoms with van der Waals surface area (Å²) in [7, 11) is 3.74. The van der Waals surface area contributed by atoms with E-state index in [1.165, 1.54) is 0 Å². The van der Waals surface area contributed by atoms with Crippen molar-refractivity contribution in [2.75, 3.05) is 26.7 Å². The van der Waals surface area contributed by atoms with Crippen LogP contribution in [-0.2, 0) is 24.9 Å². The first-order valence-corrected chi connectivity index (χ1v) is 9.12. The fourth-order valence-electron chi connectivity index (χ4n) is 3.21. The zero-order valence-electron chi connectivity index (χ0n) is 16.1. The van der Waals surface area contributed by atoms with Crippen molar-refractivity contribution in [1.29, 1.82) is 0 Å². The third-order valence-electron chi connectivity index (χ3n) is 4.44. The first-order chi connectivity index (χ1) is 12.6. The number of aromatic nitrogens is 4. The van der Waals surface area contributed by atoms with E-state index in [0.717, 1.165) is 37.0 Å². The molecule has 0 bridgehead atoms. The van der Waals surface area contributed by atoms with Crippen molar-refractivity contribution < 1.29 is 4.74 Å². The van der Waals surface area contributed by atoms with Crippen LogP contribution in [0.5, 0.6) is 0 Å². The van der Waals surface area contributed by atoms with Crippen molar-refractivity contribution in [3.63, 3.8) is 0 Å². The lowest BCUT2D eigenvalue weighted by Crippen LogP contribution is -2.48. The maximum Gasteiger partial charge on any atom is 0.194 e. The molecule has 0 spiro atoms. The molecule has 0 aromatic carbocycles. The molecule has 8 heteroatoms. The average molecular weight is 359 g/mol. The van der Waals surface area contributed by atoms with E-state index >= 15 is 0 Å². The fourth-order valence-corrected chi connectivity index (χ4v) is 3.21. The zero-order valence-corrected chi connectivity index (χ0v) is 16.1. The van der Waals surface area contributed by atoms with Gasteiger partial charge in [-0.3, -0.25) is 9.67 Å². The highest BCUT2D eigenvalue weighted by Crippen LogP contribution is 2.21. The predicted octanol–water partition coefficient (Wildman–Crippen LogP) is 1.42. The van der Waals surface area contributed by atoms with Crippen LogP contribution in [0.3, 0.4) is 0 Å². The number of nitrogens with one attached hydrogen (secondary N) is 1. The third kappa shape index (κ3) is 4.43. The van der Waals surface area contributed by atoms with Crippen molar-refractivity contribution in [1.82, 2.24) is 29.5 Å². The van der Waals surface area contributed by atoms with Crippen LogP contribution in [0.1, 0.15) is 31.3 Å². The van der Waals surface area contributed by atoms with Gasteiger partial charge < -0.3 is 19.5 Å². The Bertz CT molecular complexity index is 733. The van der Waals surface area contributed by atoms with Crippen LogP contribution in [0.25, 0.3) is 0 Å². The minimum atomic E-state index is 0.0129. The normalized spacial score (nSPS) is 18.6. The maximum absolute atomic E-state index is 5.92. The van der Waals surface area contributed by atoms with Crippen LogP contribution in [0.4, 0.5) is 0 Å². The number of aryl methyl sites for hydroxylation is 1. The Morgan fingerprint density at radius 3 is 3.00 bits per heavy atom. The number of imidazole rings is 1. The molecule has 2 aromatic heterocycles. The quantitative estimate of drug-likeness (QED) is 0.646. The van der Waals surface area contributed by atoms with E-state index in [0.29, 0.717) is 19.1 Å². The minimum Gasteiger partial charge on any atom is -0.370 e. The molecule has 1 unspecified atom stereocenters. The zero-order chi connectivity index (χ0) is 18.5. The summed E-state index contributed by atoms with van der Waals surface area (Å²) in [6.07, 6.45) is 7.78. The number of ether oxygens (including phenoxy) is 1.